The molecular weight excluding hydrogens is 345 g/mol. The topological polar surface area (TPSA) is 57.3 Å². The number of hydrogen-bond acceptors (Lipinski definition) is 2. The van der Waals surface area contributed by atoms with E-state index in [9.17, 15) is 4.79 Å². The number of carbonyl (C=O) groups is 1. The largest absolute Gasteiger partial charge is 0.324 e. The Morgan fingerprint density at radius 1 is 1.25 bits per heavy atom. The highest BCUT2D eigenvalue weighted by Gasteiger charge is 2.23. The number of nitrogens with one attached hydrogen (secondary N) is 2. The molecule has 1 amide bonds. The molecule has 4 nitrogen and oxygen atoms in total. The van der Waals surface area contributed by atoms with Gasteiger partial charge in [0.25, 0.3) is 5.91 Å². The van der Waals surface area contributed by atoms with Crippen LogP contribution in [0.25, 0.3) is 0 Å². The van der Waals surface area contributed by atoms with Crippen LogP contribution in [0.15, 0.2) is 42.5 Å². The third kappa shape index (κ3) is 4.48. The number of anilines is 1. The highest BCUT2D eigenvalue weighted by atomic mass is 35.5. The zero-order valence-corrected chi connectivity index (χ0v) is 14.9. The summed E-state index contributed by atoms with van der Waals surface area (Å²) >= 11 is 12.2. The Bertz CT molecular complexity index is 769. The molecule has 2 N–H and O–H groups in total. The summed E-state index contributed by atoms with van der Waals surface area (Å²) in [5.74, 6) is -0.102. The van der Waals surface area contributed by atoms with Crippen LogP contribution in [-0.4, -0.2) is 19.0 Å². The molecule has 6 heteroatoms. The molecule has 124 valence electrons. The van der Waals surface area contributed by atoms with Gasteiger partial charge in [0.15, 0.2) is 6.04 Å². The fraction of sp³-hybridized carbons (Fsp3) is 0.222. The van der Waals surface area contributed by atoms with Crippen LogP contribution in [0.2, 0.25) is 10.0 Å². The maximum Gasteiger partial charge on any atom is 0.282 e. The maximum absolute atomic E-state index is 12.4. The second-order valence-electron chi connectivity index (χ2n) is 5.64. The molecule has 2 aromatic carbocycles. The molecule has 0 fully saturated rings. The predicted molar refractivity (Wildman–Crippen MR) is 96.3 cm³/mol. The lowest BCUT2D eigenvalue weighted by molar-refractivity contribution is -0.907. The van der Waals surface area contributed by atoms with Gasteiger partial charge < -0.3 is 10.2 Å². The van der Waals surface area contributed by atoms with Crippen molar-refractivity contribution >= 4 is 34.8 Å². The molecule has 0 aliphatic heterocycles. The van der Waals surface area contributed by atoms with Gasteiger partial charge in [-0.3, -0.25) is 4.79 Å². The molecule has 0 saturated heterocycles. The Labute approximate surface area is 151 Å². The third-order valence-corrected chi connectivity index (χ3v) is 4.77. The van der Waals surface area contributed by atoms with Gasteiger partial charge in [-0.25, -0.2) is 0 Å². The van der Waals surface area contributed by atoms with Gasteiger partial charge in [-0.2, -0.15) is 5.26 Å². The summed E-state index contributed by atoms with van der Waals surface area (Å²) in [5.41, 5.74) is 2.12. The van der Waals surface area contributed by atoms with Crippen molar-refractivity contribution in [1.82, 2.24) is 0 Å². The highest BCUT2D eigenvalue weighted by Crippen LogP contribution is 2.24. The second-order valence-corrected chi connectivity index (χ2v) is 6.42. The average Bonchev–Trinajstić information content (AvgIpc) is 2.58. The Balaban J connectivity index is 2.01. The molecular formula is C18H18Cl2N3O+. The van der Waals surface area contributed by atoms with Gasteiger partial charge in [0.2, 0.25) is 0 Å². The van der Waals surface area contributed by atoms with E-state index in [2.05, 4.69) is 5.32 Å². The molecule has 24 heavy (non-hydrogen) atoms. The Morgan fingerprint density at radius 3 is 2.54 bits per heavy atom. The van der Waals surface area contributed by atoms with E-state index >= 15 is 0 Å². The van der Waals surface area contributed by atoms with Gasteiger partial charge in [-0.05, 0) is 37.3 Å². The van der Waals surface area contributed by atoms with E-state index in [1.165, 1.54) is 0 Å². The zero-order chi connectivity index (χ0) is 17.7. The summed E-state index contributed by atoms with van der Waals surface area (Å²) in [6, 6.07) is 14.0. The molecule has 2 aromatic rings. The number of benzene rings is 2. The predicted octanol–water partition coefficient (Wildman–Crippen LogP) is 2.91. The van der Waals surface area contributed by atoms with E-state index in [0.717, 1.165) is 10.5 Å². The van der Waals surface area contributed by atoms with Crippen LogP contribution in [0.5, 0.6) is 0 Å². The molecule has 0 aromatic heterocycles. The fourth-order valence-corrected chi connectivity index (χ4v) is 2.63. The van der Waals surface area contributed by atoms with Crippen molar-refractivity contribution in [2.24, 2.45) is 0 Å². The van der Waals surface area contributed by atoms with Crippen LogP contribution in [0.1, 0.15) is 18.1 Å². The van der Waals surface area contributed by atoms with Crippen molar-refractivity contribution in [1.29, 1.82) is 5.26 Å². The molecule has 0 bridgehead atoms. The minimum atomic E-state index is -0.282. The lowest BCUT2D eigenvalue weighted by Crippen LogP contribution is -3.12. The monoisotopic (exact) mass is 362 g/mol. The maximum atomic E-state index is 12.4. The number of amides is 1. The van der Waals surface area contributed by atoms with Gasteiger partial charge in [0.1, 0.15) is 6.54 Å². The van der Waals surface area contributed by atoms with Crippen LogP contribution < -0.4 is 10.2 Å². The minimum Gasteiger partial charge on any atom is -0.324 e. The van der Waals surface area contributed by atoms with Gasteiger partial charge in [-0.15, -0.1) is 0 Å². The Hall–Kier alpha value is -2.06. The number of rotatable bonds is 5. The number of nitrogens with zero attached hydrogens (tertiary/aromatic N) is 1. The minimum absolute atomic E-state index is 0.102. The number of hydrogen-bond donors (Lipinski definition) is 2. The van der Waals surface area contributed by atoms with Crippen molar-refractivity contribution in [2.45, 2.75) is 19.5 Å². The average molecular weight is 363 g/mol. The highest BCUT2D eigenvalue weighted by molar-refractivity contribution is 6.42. The molecule has 2 rings (SSSR count). The number of nitriles is 1. The first-order chi connectivity index (χ1) is 11.4. The summed E-state index contributed by atoms with van der Waals surface area (Å²) in [7, 11) is 1.93. The van der Waals surface area contributed by atoms with E-state index in [0.29, 0.717) is 27.8 Å². The Kier molecular flexibility index (Phi) is 6.22. The standard InChI is InChI=1S/C18H17Cl2N3O/c1-12(18(24)22-15-8-6-13(10-21)7-9-15)23(2)11-14-4-3-5-16(19)17(14)20/h3-9,12H,11H2,1-2H3,(H,22,24)/p+1/t12-/m1/s1. The molecule has 1 unspecified atom stereocenters. The smallest absolute Gasteiger partial charge is 0.282 e. The van der Waals surface area contributed by atoms with Crippen molar-refractivity contribution in [3.05, 3.63) is 63.6 Å². The summed E-state index contributed by atoms with van der Waals surface area (Å²) in [6.07, 6.45) is 0. The summed E-state index contributed by atoms with van der Waals surface area (Å²) in [6.45, 7) is 2.44. The lowest BCUT2D eigenvalue weighted by atomic mass is 10.1. The van der Waals surface area contributed by atoms with Crippen LogP contribution >= 0.6 is 23.2 Å². The van der Waals surface area contributed by atoms with Crippen LogP contribution in [-0.2, 0) is 11.3 Å². The van der Waals surface area contributed by atoms with Crippen LogP contribution in [0.4, 0.5) is 5.69 Å². The van der Waals surface area contributed by atoms with E-state index < -0.39 is 0 Å². The van der Waals surface area contributed by atoms with Gasteiger partial charge in [-0.1, -0.05) is 35.3 Å². The third-order valence-electron chi connectivity index (χ3n) is 3.91. The van der Waals surface area contributed by atoms with Crippen LogP contribution in [0, 0.1) is 11.3 Å². The van der Waals surface area contributed by atoms with E-state index in [-0.39, 0.29) is 11.9 Å². The SMILES string of the molecule is C[C@H](C(=O)Nc1ccc(C#N)cc1)[NH+](C)Cc1cccc(Cl)c1Cl. The molecule has 0 saturated carbocycles. The zero-order valence-electron chi connectivity index (χ0n) is 13.4. The molecule has 0 radical (unpaired) electrons. The molecule has 0 spiro atoms. The van der Waals surface area contributed by atoms with Gasteiger partial charge in [0.05, 0.1) is 28.7 Å². The number of likely N-dealkylation sites (N-methyl/N-ethyl adjacent to an activating group) is 1. The normalized spacial score (nSPS) is 13.0. The van der Waals surface area contributed by atoms with E-state index in [4.69, 9.17) is 28.5 Å². The Morgan fingerprint density at radius 2 is 1.92 bits per heavy atom. The van der Waals surface area contributed by atoms with Gasteiger partial charge >= 0.3 is 0 Å². The number of halogens is 2. The first-order valence-corrected chi connectivity index (χ1v) is 8.24. The second kappa shape index (κ2) is 8.16. The number of carbonyl (C=O) groups excluding carboxylic acids is 1. The molecule has 2 atom stereocenters. The first kappa shape index (κ1) is 18.3. The van der Waals surface area contributed by atoms with Crippen LogP contribution in [0.3, 0.4) is 0 Å². The lowest BCUT2D eigenvalue weighted by Gasteiger charge is -2.21. The van der Waals surface area contributed by atoms with Gasteiger partial charge in [0, 0.05) is 11.3 Å². The van der Waals surface area contributed by atoms with Crippen molar-refractivity contribution < 1.29 is 9.69 Å². The summed E-state index contributed by atoms with van der Waals surface area (Å²) in [4.78, 5) is 13.4. The fourth-order valence-electron chi connectivity index (χ4n) is 2.24. The molecule has 0 aliphatic rings. The van der Waals surface area contributed by atoms with Crippen molar-refractivity contribution in [3.8, 4) is 6.07 Å². The van der Waals surface area contributed by atoms with Crippen molar-refractivity contribution in [3.63, 3.8) is 0 Å². The molecule has 0 aliphatic carbocycles. The summed E-state index contributed by atoms with van der Waals surface area (Å²) in [5, 5.41) is 12.7. The van der Waals surface area contributed by atoms with Crippen molar-refractivity contribution in [2.75, 3.05) is 12.4 Å². The number of quaternary nitrogens is 1. The van der Waals surface area contributed by atoms with E-state index in [1.807, 2.05) is 32.2 Å². The first-order valence-electron chi connectivity index (χ1n) is 7.48. The summed E-state index contributed by atoms with van der Waals surface area (Å²) < 4.78 is 0. The molecule has 0 heterocycles. The quantitative estimate of drug-likeness (QED) is 0.858. The van der Waals surface area contributed by atoms with E-state index in [1.54, 1.807) is 30.3 Å².